The van der Waals surface area contributed by atoms with Gasteiger partial charge in [-0.05, 0) is 0 Å². The number of amides is 1. The maximum atomic E-state index is 11.2. The van der Waals surface area contributed by atoms with E-state index >= 15 is 0 Å². The maximum Gasteiger partial charge on any atom is 0.243 e. The highest BCUT2D eigenvalue weighted by Gasteiger charge is 2.18. The highest BCUT2D eigenvalue weighted by Crippen LogP contribution is 1.97. The first-order valence-electron chi connectivity index (χ1n) is 3.33. The highest BCUT2D eigenvalue weighted by molar-refractivity contribution is 5.83. The Bertz CT molecular complexity index is 163. The van der Waals surface area contributed by atoms with Gasteiger partial charge in [0, 0.05) is 20.6 Å². The molecule has 0 aromatic carbocycles. The van der Waals surface area contributed by atoms with Crippen LogP contribution in [0.3, 0.4) is 0 Å². The zero-order valence-corrected chi connectivity index (χ0v) is 6.29. The summed E-state index contributed by atoms with van der Waals surface area (Å²) in [5.74, 6) is 0.119. The van der Waals surface area contributed by atoms with Crippen molar-refractivity contribution in [2.45, 2.75) is 6.04 Å². The second-order valence-electron chi connectivity index (χ2n) is 2.55. The summed E-state index contributed by atoms with van der Waals surface area (Å²) in [5, 5.41) is 3.04. The van der Waals surface area contributed by atoms with Crippen LogP contribution in [0.15, 0.2) is 12.2 Å². The maximum absolute atomic E-state index is 11.2. The van der Waals surface area contributed by atoms with E-state index in [1.165, 1.54) is 0 Å². The van der Waals surface area contributed by atoms with Gasteiger partial charge in [0.1, 0.15) is 6.04 Å². The van der Waals surface area contributed by atoms with E-state index in [-0.39, 0.29) is 11.9 Å². The third kappa shape index (κ3) is 1.36. The first-order valence-corrected chi connectivity index (χ1v) is 3.33. The van der Waals surface area contributed by atoms with Gasteiger partial charge in [0.2, 0.25) is 5.91 Å². The largest absolute Gasteiger partial charge is 0.347 e. The molecule has 1 aliphatic heterocycles. The Kier molecular flexibility index (Phi) is 2.06. The van der Waals surface area contributed by atoms with Gasteiger partial charge < -0.3 is 4.90 Å². The Morgan fingerprint density at radius 1 is 1.70 bits per heavy atom. The van der Waals surface area contributed by atoms with Gasteiger partial charge in [-0.25, -0.2) is 0 Å². The summed E-state index contributed by atoms with van der Waals surface area (Å²) >= 11 is 0. The Hall–Kier alpha value is -0.830. The van der Waals surface area contributed by atoms with Crippen LogP contribution in [0.4, 0.5) is 0 Å². The van der Waals surface area contributed by atoms with Gasteiger partial charge >= 0.3 is 0 Å². The molecule has 3 nitrogen and oxygen atoms in total. The van der Waals surface area contributed by atoms with Crippen molar-refractivity contribution in [2.24, 2.45) is 0 Å². The lowest BCUT2D eigenvalue weighted by atomic mass is 10.3. The number of rotatable bonds is 1. The summed E-state index contributed by atoms with van der Waals surface area (Å²) in [6, 6.07) is -0.0880. The summed E-state index contributed by atoms with van der Waals surface area (Å²) in [5.41, 5.74) is 0. The number of hydrogen-bond donors (Lipinski definition) is 1. The van der Waals surface area contributed by atoms with Crippen molar-refractivity contribution in [1.82, 2.24) is 10.2 Å². The quantitative estimate of drug-likeness (QED) is 0.503. The number of carbonyl (C=O) groups is 1. The lowest BCUT2D eigenvalue weighted by molar-refractivity contribution is -0.129. The molecule has 1 aliphatic rings. The van der Waals surface area contributed by atoms with Crippen molar-refractivity contribution < 1.29 is 4.79 Å². The number of hydrogen-bond acceptors (Lipinski definition) is 2. The molecule has 0 spiro atoms. The molecule has 0 radical (unpaired) electrons. The zero-order chi connectivity index (χ0) is 7.56. The highest BCUT2D eigenvalue weighted by atomic mass is 16.2. The molecule has 0 aliphatic carbocycles. The molecule has 0 aromatic heterocycles. The van der Waals surface area contributed by atoms with Crippen molar-refractivity contribution in [3.63, 3.8) is 0 Å². The minimum Gasteiger partial charge on any atom is -0.347 e. The second-order valence-corrected chi connectivity index (χ2v) is 2.55. The Morgan fingerprint density at radius 2 is 2.40 bits per heavy atom. The van der Waals surface area contributed by atoms with Gasteiger partial charge in [-0.2, -0.15) is 0 Å². The third-order valence-corrected chi connectivity index (χ3v) is 1.49. The molecular weight excluding hydrogens is 128 g/mol. The van der Waals surface area contributed by atoms with E-state index in [0.29, 0.717) is 0 Å². The van der Waals surface area contributed by atoms with Gasteiger partial charge in [0.15, 0.2) is 0 Å². The first kappa shape index (κ1) is 7.28. The molecule has 1 unspecified atom stereocenters. The zero-order valence-electron chi connectivity index (χ0n) is 6.29. The summed E-state index contributed by atoms with van der Waals surface area (Å²) in [4.78, 5) is 12.7. The predicted molar refractivity (Wildman–Crippen MR) is 39.6 cm³/mol. The standard InChI is InChI=1S/C7H12N2O/c1-9(2)7(10)6-4-3-5-8-6/h3-4,6,8H,5H2,1-2H3. The monoisotopic (exact) mass is 140 g/mol. The minimum atomic E-state index is -0.0880. The predicted octanol–water partition coefficient (Wildman–Crippen LogP) is -0.397. The van der Waals surface area contributed by atoms with Crippen LogP contribution in [0.5, 0.6) is 0 Å². The van der Waals surface area contributed by atoms with Gasteiger partial charge in [-0.15, -0.1) is 0 Å². The van der Waals surface area contributed by atoms with E-state index in [1.807, 2.05) is 12.2 Å². The van der Waals surface area contributed by atoms with E-state index < -0.39 is 0 Å². The van der Waals surface area contributed by atoms with E-state index in [1.54, 1.807) is 19.0 Å². The van der Waals surface area contributed by atoms with Crippen LogP contribution < -0.4 is 5.32 Å². The Labute approximate surface area is 60.7 Å². The SMILES string of the molecule is CN(C)C(=O)C1C=CCN1. The molecule has 1 atom stereocenters. The van der Waals surface area contributed by atoms with Gasteiger partial charge in [-0.1, -0.05) is 12.2 Å². The molecule has 0 aromatic rings. The molecule has 1 N–H and O–H groups in total. The second kappa shape index (κ2) is 2.84. The molecule has 10 heavy (non-hydrogen) atoms. The van der Waals surface area contributed by atoms with Crippen molar-refractivity contribution >= 4 is 5.91 Å². The van der Waals surface area contributed by atoms with E-state index in [0.717, 1.165) is 6.54 Å². The van der Waals surface area contributed by atoms with Crippen LogP contribution in [0, 0.1) is 0 Å². The average Bonchev–Trinajstić information content (AvgIpc) is 2.36. The molecule has 1 heterocycles. The fraction of sp³-hybridized carbons (Fsp3) is 0.571. The van der Waals surface area contributed by atoms with Crippen molar-refractivity contribution in [3.8, 4) is 0 Å². The van der Waals surface area contributed by atoms with Crippen LogP contribution in [-0.4, -0.2) is 37.5 Å². The Morgan fingerprint density at radius 3 is 2.80 bits per heavy atom. The average molecular weight is 140 g/mol. The number of nitrogens with one attached hydrogen (secondary N) is 1. The lowest BCUT2D eigenvalue weighted by Gasteiger charge is -2.14. The van der Waals surface area contributed by atoms with Crippen LogP contribution in [0.25, 0.3) is 0 Å². The molecule has 0 saturated heterocycles. The smallest absolute Gasteiger partial charge is 0.243 e. The first-order chi connectivity index (χ1) is 4.72. The lowest BCUT2D eigenvalue weighted by Crippen LogP contribution is -2.39. The minimum absolute atomic E-state index is 0.0880. The summed E-state index contributed by atoms with van der Waals surface area (Å²) in [7, 11) is 3.52. The molecule has 56 valence electrons. The fourth-order valence-corrected chi connectivity index (χ4v) is 0.915. The van der Waals surface area contributed by atoms with Gasteiger partial charge in [-0.3, -0.25) is 10.1 Å². The van der Waals surface area contributed by atoms with Crippen LogP contribution >= 0.6 is 0 Å². The Balaban J connectivity index is 2.49. The normalized spacial score (nSPS) is 23.2. The van der Waals surface area contributed by atoms with E-state index in [2.05, 4.69) is 5.32 Å². The molecule has 3 heteroatoms. The van der Waals surface area contributed by atoms with Gasteiger partial charge in [0.05, 0.1) is 0 Å². The molecular formula is C7H12N2O. The molecule has 1 amide bonds. The molecule has 0 saturated carbocycles. The van der Waals surface area contributed by atoms with Crippen molar-refractivity contribution in [3.05, 3.63) is 12.2 Å². The topological polar surface area (TPSA) is 32.3 Å². The molecule has 1 rings (SSSR count). The molecule has 0 bridgehead atoms. The van der Waals surface area contributed by atoms with Crippen molar-refractivity contribution in [1.29, 1.82) is 0 Å². The summed E-state index contributed by atoms with van der Waals surface area (Å²) in [6.07, 6.45) is 3.86. The number of likely N-dealkylation sites (N-methyl/N-ethyl adjacent to an activating group) is 1. The van der Waals surface area contributed by atoms with Crippen LogP contribution in [0.2, 0.25) is 0 Å². The number of nitrogens with zero attached hydrogens (tertiary/aromatic N) is 1. The van der Waals surface area contributed by atoms with Crippen LogP contribution in [-0.2, 0) is 4.79 Å². The fourth-order valence-electron chi connectivity index (χ4n) is 0.915. The number of carbonyl (C=O) groups excluding carboxylic acids is 1. The summed E-state index contributed by atoms with van der Waals surface area (Å²) in [6.45, 7) is 0.810. The third-order valence-electron chi connectivity index (χ3n) is 1.49. The van der Waals surface area contributed by atoms with E-state index in [4.69, 9.17) is 0 Å². The molecule has 0 fully saturated rings. The van der Waals surface area contributed by atoms with E-state index in [9.17, 15) is 4.79 Å². The van der Waals surface area contributed by atoms with Crippen LogP contribution in [0.1, 0.15) is 0 Å². The van der Waals surface area contributed by atoms with Crippen molar-refractivity contribution in [2.75, 3.05) is 20.6 Å². The van der Waals surface area contributed by atoms with Gasteiger partial charge in [0.25, 0.3) is 0 Å². The summed E-state index contributed by atoms with van der Waals surface area (Å²) < 4.78 is 0.